The van der Waals surface area contributed by atoms with E-state index in [2.05, 4.69) is 6.07 Å². The first-order chi connectivity index (χ1) is 12.9. The molecule has 0 bridgehead atoms. The second-order valence-corrected chi connectivity index (χ2v) is 8.32. The number of carbonyl (C=O) groups is 1. The Morgan fingerprint density at radius 2 is 1.93 bits per heavy atom. The number of hydrogen-bond donors (Lipinski definition) is 1. The molecule has 1 amide bonds. The zero-order chi connectivity index (χ0) is 19.2. The van der Waals surface area contributed by atoms with Gasteiger partial charge in [-0.05, 0) is 29.8 Å². The molecule has 136 valence electrons. The molecule has 4 nitrogen and oxygen atoms in total. The van der Waals surface area contributed by atoms with Crippen LogP contribution in [0.15, 0.2) is 59.1 Å². The van der Waals surface area contributed by atoms with E-state index >= 15 is 0 Å². The summed E-state index contributed by atoms with van der Waals surface area (Å²) < 4.78 is 0. The van der Waals surface area contributed by atoms with Gasteiger partial charge in [0.1, 0.15) is 0 Å². The maximum Gasteiger partial charge on any atom is 0.231 e. The van der Waals surface area contributed by atoms with Crippen LogP contribution in [0.5, 0.6) is 0 Å². The third-order valence-electron chi connectivity index (χ3n) is 4.87. The third kappa shape index (κ3) is 3.03. The fraction of sp³-hybridized carbons (Fsp3) is 0.200. The first kappa shape index (κ1) is 18.4. The summed E-state index contributed by atoms with van der Waals surface area (Å²) >= 11 is 13.4. The van der Waals surface area contributed by atoms with Crippen LogP contribution >= 0.6 is 35.0 Å². The lowest BCUT2D eigenvalue weighted by Gasteiger charge is -2.38. The van der Waals surface area contributed by atoms with Gasteiger partial charge in [0.15, 0.2) is 5.72 Å². The van der Waals surface area contributed by atoms with Crippen molar-refractivity contribution in [2.45, 2.75) is 18.1 Å². The molecular formula is C20H14Cl2N2O2S. The molecule has 2 aromatic rings. The summed E-state index contributed by atoms with van der Waals surface area (Å²) in [6.45, 7) is 0. The summed E-state index contributed by atoms with van der Waals surface area (Å²) in [5.41, 5.74) is 0.373. The predicted octanol–water partition coefficient (Wildman–Crippen LogP) is 4.64. The molecule has 1 N–H and O–H groups in total. The molecule has 1 saturated heterocycles. The molecule has 0 radical (unpaired) electrons. The predicted molar refractivity (Wildman–Crippen MR) is 106 cm³/mol. The zero-order valence-corrected chi connectivity index (χ0v) is 16.4. The van der Waals surface area contributed by atoms with E-state index in [9.17, 15) is 15.2 Å². The Labute approximate surface area is 171 Å². The van der Waals surface area contributed by atoms with Crippen LogP contribution in [0.3, 0.4) is 0 Å². The molecule has 27 heavy (non-hydrogen) atoms. The Hall–Kier alpha value is -1.97. The number of nitriles is 1. The van der Waals surface area contributed by atoms with E-state index in [1.165, 1.54) is 16.7 Å². The topological polar surface area (TPSA) is 64.3 Å². The van der Waals surface area contributed by atoms with Gasteiger partial charge in [-0.3, -0.25) is 9.69 Å². The molecule has 4 rings (SSSR count). The van der Waals surface area contributed by atoms with Crippen LogP contribution in [-0.2, 0) is 10.5 Å². The van der Waals surface area contributed by atoms with Gasteiger partial charge in [0.05, 0.1) is 22.4 Å². The highest BCUT2D eigenvalue weighted by atomic mass is 35.5. The van der Waals surface area contributed by atoms with E-state index in [4.69, 9.17) is 23.2 Å². The Kier molecular flexibility index (Phi) is 4.69. The van der Waals surface area contributed by atoms with Crippen molar-refractivity contribution in [3.8, 4) is 6.07 Å². The van der Waals surface area contributed by atoms with Crippen molar-refractivity contribution in [3.63, 3.8) is 0 Å². The Morgan fingerprint density at radius 1 is 1.19 bits per heavy atom. The maximum absolute atomic E-state index is 13.0. The maximum atomic E-state index is 13.0. The van der Waals surface area contributed by atoms with E-state index in [0.717, 1.165) is 5.56 Å². The zero-order valence-electron chi connectivity index (χ0n) is 14.0. The number of allylic oxidation sites excluding steroid dienone is 1. The Morgan fingerprint density at radius 3 is 2.59 bits per heavy atom. The highest BCUT2D eigenvalue weighted by molar-refractivity contribution is 8.03. The number of thioether (sulfide) groups is 1. The van der Waals surface area contributed by atoms with Crippen molar-refractivity contribution >= 4 is 40.9 Å². The van der Waals surface area contributed by atoms with Gasteiger partial charge in [0.2, 0.25) is 5.91 Å². The molecule has 7 heteroatoms. The lowest BCUT2D eigenvalue weighted by Crippen LogP contribution is -2.48. The van der Waals surface area contributed by atoms with Crippen LogP contribution in [0.25, 0.3) is 0 Å². The number of amides is 1. The van der Waals surface area contributed by atoms with E-state index in [-0.39, 0.29) is 24.0 Å². The number of benzene rings is 2. The lowest BCUT2D eigenvalue weighted by molar-refractivity contribution is -0.149. The highest BCUT2D eigenvalue weighted by Crippen LogP contribution is 2.51. The summed E-state index contributed by atoms with van der Waals surface area (Å²) in [4.78, 5) is 14.4. The minimum absolute atomic E-state index is 0.100. The molecule has 2 atom stereocenters. The molecule has 0 spiro atoms. The van der Waals surface area contributed by atoms with Crippen molar-refractivity contribution in [1.82, 2.24) is 4.90 Å². The van der Waals surface area contributed by atoms with Crippen molar-refractivity contribution in [3.05, 3.63) is 80.3 Å². The van der Waals surface area contributed by atoms with Crippen LogP contribution < -0.4 is 0 Å². The minimum Gasteiger partial charge on any atom is -0.366 e. The quantitative estimate of drug-likeness (QED) is 0.774. The first-order valence-corrected chi connectivity index (χ1v) is 10.0. The number of carbonyl (C=O) groups excluding carboxylic acids is 1. The van der Waals surface area contributed by atoms with E-state index in [1.807, 2.05) is 6.07 Å². The number of rotatable bonds is 2. The molecule has 0 aliphatic carbocycles. The van der Waals surface area contributed by atoms with Gasteiger partial charge in [0, 0.05) is 27.9 Å². The second-order valence-electron chi connectivity index (χ2n) is 6.48. The average molecular weight is 417 g/mol. The molecule has 2 aromatic carbocycles. The fourth-order valence-electron chi connectivity index (χ4n) is 3.56. The van der Waals surface area contributed by atoms with Gasteiger partial charge in [-0.2, -0.15) is 5.26 Å². The monoisotopic (exact) mass is 416 g/mol. The molecular weight excluding hydrogens is 403 g/mol. The lowest BCUT2D eigenvalue weighted by atomic mass is 9.85. The van der Waals surface area contributed by atoms with Gasteiger partial charge in [-0.1, -0.05) is 47.5 Å². The van der Waals surface area contributed by atoms with Gasteiger partial charge in [-0.15, -0.1) is 11.8 Å². The average Bonchev–Trinajstić information content (AvgIpc) is 3.01. The van der Waals surface area contributed by atoms with Crippen molar-refractivity contribution < 1.29 is 9.90 Å². The molecule has 0 unspecified atom stereocenters. The summed E-state index contributed by atoms with van der Waals surface area (Å²) in [7, 11) is 0. The van der Waals surface area contributed by atoms with Crippen LogP contribution in [-0.4, -0.2) is 21.7 Å². The fourth-order valence-corrected chi connectivity index (χ4v) is 5.25. The van der Waals surface area contributed by atoms with Crippen molar-refractivity contribution in [2.75, 3.05) is 5.75 Å². The highest BCUT2D eigenvalue weighted by Gasteiger charge is 2.51. The number of halogens is 2. The molecule has 2 aliphatic heterocycles. The van der Waals surface area contributed by atoms with E-state index < -0.39 is 5.72 Å². The molecule has 2 heterocycles. The Bertz CT molecular complexity index is 1000. The molecule has 0 aromatic heterocycles. The van der Waals surface area contributed by atoms with Gasteiger partial charge < -0.3 is 5.11 Å². The minimum atomic E-state index is -1.50. The van der Waals surface area contributed by atoms with Crippen LogP contribution in [0.2, 0.25) is 10.0 Å². The van der Waals surface area contributed by atoms with Crippen molar-refractivity contribution in [2.24, 2.45) is 0 Å². The number of hydrogen-bond acceptors (Lipinski definition) is 4. The SMILES string of the molecule is N#CC1=C2SC[C@](O)(c3ccc(Cl)cc3)N2C(=O)C[C@@H]1c1cccc(Cl)c1. The normalized spacial score (nSPS) is 24.7. The Balaban J connectivity index is 1.81. The number of fused-ring (bicyclic) bond motifs is 1. The molecule has 0 saturated carbocycles. The summed E-state index contributed by atoms with van der Waals surface area (Å²) in [6, 6.07) is 16.2. The molecule has 1 fully saturated rings. The first-order valence-electron chi connectivity index (χ1n) is 8.28. The van der Waals surface area contributed by atoms with Crippen LogP contribution in [0, 0.1) is 11.3 Å². The van der Waals surface area contributed by atoms with Gasteiger partial charge in [0.25, 0.3) is 0 Å². The second kappa shape index (κ2) is 6.88. The summed E-state index contributed by atoms with van der Waals surface area (Å²) in [5.74, 6) is -0.340. The smallest absolute Gasteiger partial charge is 0.231 e. The molecule has 2 aliphatic rings. The number of nitrogens with zero attached hydrogens (tertiary/aromatic N) is 2. The van der Waals surface area contributed by atoms with Gasteiger partial charge >= 0.3 is 0 Å². The summed E-state index contributed by atoms with van der Waals surface area (Å²) in [6.07, 6.45) is 0.100. The number of aliphatic hydroxyl groups is 1. The van der Waals surface area contributed by atoms with E-state index in [1.54, 1.807) is 42.5 Å². The van der Waals surface area contributed by atoms with Crippen LogP contribution in [0.4, 0.5) is 0 Å². The van der Waals surface area contributed by atoms with Gasteiger partial charge in [-0.25, -0.2) is 0 Å². The standard InChI is InChI=1S/C20H14Cl2N2O2S/c21-14-6-4-13(5-7-14)20(26)11-27-19-17(10-23)16(9-18(25)24(19)20)12-2-1-3-15(22)8-12/h1-8,16,26H,9,11H2/t16-,20+/m1/s1. The summed E-state index contributed by atoms with van der Waals surface area (Å²) in [5, 5.41) is 22.7. The van der Waals surface area contributed by atoms with Crippen molar-refractivity contribution in [1.29, 1.82) is 5.26 Å². The van der Waals surface area contributed by atoms with Crippen LogP contribution in [0.1, 0.15) is 23.5 Å². The van der Waals surface area contributed by atoms with E-state index in [0.29, 0.717) is 26.2 Å². The largest absolute Gasteiger partial charge is 0.366 e. The third-order valence-corrected chi connectivity index (χ3v) is 6.58.